The molecular formula is C17H19N5O3. The van der Waals surface area contributed by atoms with Crippen LogP contribution in [0.1, 0.15) is 29.9 Å². The zero-order valence-electron chi connectivity index (χ0n) is 14.5. The zero-order valence-corrected chi connectivity index (χ0v) is 14.5. The Balaban J connectivity index is 1.69. The number of anilines is 1. The first-order valence-electron chi connectivity index (χ1n) is 7.85. The van der Waals surface area contributed by atoms with Crippen LogP contribution in [0.3, 0.4) is 0 Å². The van der Waals surface area contributed by atoms with Crippen molar-refractivity contribution in [1.29, 1.82) is 0 Å². The fourth-order valence-corrected chi connectivity index (χ4v) is 2.17. The maximum atomic E-state index is 12.3. The number of amides is 1. The summed E-state index contributed by atoms with van der Waals surface area (Å²) in [5.74, 6) is 0.611. The molecule has 0 aliphatic rings. The van der Waals surface area contributed by atoms with E-state index in [-0.39, 0.29) is 23.9 Å². The normalized spacial score (nSPS) is 10.9. The van der Waals surface area contributed by atoms with Gasteiger partial charge in [-0.15, -0.1) is 5.10 Å². The fraction of sp³-hybridized carbons (Fsp3) is 0.294. The lowest BCUT2D eigenvalue weighted by atomic mass is 10.2. The topological polar surface area (TPSA) is 95.1 Å². The Morgan fingerprint density at radius 2 is 1.96 bits per heavy atom. The van der Waals surface area contributed by atoms with Gasteiger partial charge in [0.25, 0.3) is 11.8 Å². The number of carbonyl (C=O) groups excluding carboxylic acids is 1. The van der Waals surface area contributed by atoms with E-state index in [0.717, 1.165) is 5.69 Å². The number of aromatic nitrogens is 4. The van der Waals surface area contributed by atoms with Gasteiger partial charge in [0.15, 0.2) is 0 Å². The van der Waals surface area contributed by atoms with Crippen LogP contribution in [0.2, 0.25) is 0 Å². The first kappa shape index (κ1) is 16.7. The number of nitrogens with zero attached hydrogens (tertiary/aromatic N) is 4. The molecule has 0 saturated heterocycles. The maximum absolute atomic E-state index is 12.3. The molecule has 3 aromatic rings. The molecule has 2 aromatic heterocycles. The van der Waals surface area contributed by atoms with Crippen LogP contribution >= 0.6 is 0 Å². The molecule has 0 aliphatic carbocycles. The highest BCUT2D eigenvalue weighted by molar-refractivity contribution is 6.03. The Hall–Kier alpha value is -3.16. The van der Waals surface area contributed by atoms with Crippen LogP contribution in [-0.2, 0) is 7.05 Å². The lowest BCUT2D eigenvalue weighted by Gasteiger charge is -2.09. The predicted molar refractivity (Wildman–Crippen MR) is 91.4 cm³/mol. The number of ether oxygens (including phenoxy) is 1. The predicted octanol–water partition coefficient (Wildman–Crippen LogP) is 2.82. The average molecular weight is 341 g/mol. The summed E-state index contributed by atoms with van der Waals surface area (Å²) >= 11 is 0. The van der Waals surface area contributed by atoms with Gasteiger partial charge in [0, 0.05) is 18.3 Å². The molecule has 0 unspecified atom stereocenters. The van der Waals surface area contributed by atoms with Gasteiger partial charge in [-0.05, 0) is 51.1 Å². The van der Waals surface area contributed by atoms with Crippen LogP contribution in [0.4, 0.5) is 6.01 Å². The molecule has 0 atom stereocenters. The summed E-state index contributed by atoms with van der Waals surface area (Å²) in [5, 5.41) is 14.6. The standard InChI is InChI=1S/C17H19N5O3/c1-10(2)24-13-7-5-12(6-8-13)15(23)18-17-20-19-16(25-17)14-9-11(3)22(4)21-14/h5-10H,1-4H3,(H,18,20,23). The summed E-state index contributed by atoms with van der Waals surface area (Å²) in [5.41, 5.74) is 1.98. The van der Waals surface area contributed by atoms with Gasteiger partial charge in [0.05, 0.1) is 6.10 Å². The van der Waals surface area contributed by atoms with Crippen molar-refractivity contribution in [3.63, 3.8) is 0 Å². The molecule has 3 rings (SSSR count). The Morgan fingerprint density at radius 3 is 2.56 bits per heavy atom. The monoisotopic (exact) mass is 341 g/mol. The van der Waals surface area contributed by atoms with Crippen molar-refractivity contribution in [2.24, 2.45) is 7.05 Å². The third-order valence-electron chi connectivity index (χ3n) is 3.47. The van der Waals surface area contributed by atoms with E-state index in [0.29, 0.717) is 17.0 Å². The molecule has 1 N–H and O–H groups in total. The quantitative estimate of drug-likeness (QED) is 0.767. The minimum Gasteiger partial charge on any atom is -0.491 e. The van der Waals surface area contributed by atoms with E-state index < -0.39 is 0 Å². The summed E-state index contributed by atoms with van der Waals surface area (Å²) in [6.07, 6.45) is 0.0757. The molecule has 8 nitrogen and oxygen atoms in total. The molecule has 1 amide bonds. The number of hydrogen-bond donors (Lipinski definition) is 1. The van der Waals surface area contributed by atoms with Crippen molar-refractivity contribution in [2.45, 2.75) is 26.9 Å². The van der Waals surface area contributed by atoms with E-state index in [1.807, 2.05) is 33.9 Å². The van der Waals surface area contributed by atoms with E-state index in [1.165, 1.54) is 0 Å². The smallest absolute Gasteiger partial charge is 0.322 e. The van der Waals surface area contributed by atoms with Gasteiger partial charge < -0.3 is 9.15 Å². The number of hydrogen-bond acceptors (Lipinski definition) is 6. The molecule has 2 heterocycles. The number of aryl methyl sites for hydroxylation is 2. The van der Waals surface area contributed by atoms with Crippen molar-refractivity contribution >= 4 is 11.9 Å². The summed E-state index contributed by atoms with van der Waals surface area (Å²) in [4.78, 5) is 12.3. The second-order valence-corrected chi connectivity index (χ2v) is 5.85. The minimum absolute atomic E-state index is 0.0193. The lowest BCUT2D eigenvalue weighted by Crippen LogP contribution is -2.12. The molecule has 0 saturated carbocycles. The minimum atomic E-state index is -0.344. The summed E-state index contributed by atoms with van der Waals surface area (Å²) in [6.45, 7) is 5.80. The van der Waals surface area contributed by atoms with Gasteiger partial charge in [-0.25, -0.2) is 0 Å². The van der Waals surface area contributed by atoms with Crippen LogP contribution in [0.5, 0.6) is 5.75 Å². The Morgan fingerprint density at radius 1 is 1.24 bits per heavy atom. The third-order valence-corrected chi connectivity index (χ3v) is 3.47. The number of nitrogens with one attached hydrogen (secondary N) is 1. The van der Waals surface area contributed by atoms with Crippen molar-refractivity contribution < 1.29 is 13.9 Å². The number of rotatable bonds is 5. The van der Waals surface area contributed by atoms with Crippen molar-refractivity contribution in [3.05, 3.63) is 41.6 Å². The molecule has 1 aromatic carbocycles. The molecule has 0 fully saturated rings. The van der Waals surface area contributed by atoms with E-state index in [2.05, 4.69) is 20.6 Å². The molecule has 0 spiro atoms. The van der Waals surface area contributed by atoms with Gasteiger partial charge in [-0.2, -0.15) is 5.10 Å². The lowest BCUT2D eigenvalue weighted by molar-refractivity contribution is 0.102. The Bertz CT molecular complexity index is 861. The summed E-state index contributed by atoms with van der Waals surface area (Å²) < 4.78 is 12.7. The zero-order chi connectivity index (χ0) is 18.0. The van der Waals surface area contributed by atoms with E-state index in [1.54, 1.807) is 28.9 Å². The highest BCUT2D eigenvalue weighted by atomic mass is 16.5. The molecular weight excluding hydrogens is 322 g/mol. The van der Waals surface area contributed by atoms with Crippen molar-refractivity contribution in [3.8, 4) is 17.3 Å². The molecule has 8 heteroatoms. The van der Waals surface area contributed by atoms with Gasteiger partial charge in [0.2, 0.25) is 0 Å². The van der Waals surface area contributed by atoms with E-state index in [4.69, 9.17) is 9.15 Å². The maximum Gasteiger partial charge on any atom is 0.322 e. The van der Waals surface area contributed by atoms with E-state index >= 15 is 0 Å². The Labute approximate surface area is 144 Å². The first-order chi connectivity index (χ1) is 11.9. The second-order valence-electron chi connectivity index (χ2n) is 5.85. The SMILES string of the molecule is Cc1cc(-c2nnc(NC(=O)c3ccc(OC(C)C)cc3)o2)nn1C. The average Bonchev–Trinajstić information content (AvgIpc) is 3.15. The largest absolute Gasteiger partial charge is 0.491 e. The van der Waals surface area contributed by atoms with Crippen LogP contribution in [-0.4, -0.2) is 32.0 Å². The number of carbonyl (C=O) groups is 1. The molecule has 0 aliphatic heterocycles. The second kappa shape index (κ2) is 6.76. The van der Waals surface area contributed by atoms with Crippen molar-refractivity contribution in [1.82, 2.24) is 20.0 Å². The first-order valence-corrected chi connectivity index (χ1v) is 7.85. The van der Waals surface area contributed by atoms with Gasteiger partial charge in [-0.1, -0.05) is 5.10 Å². The molecule has 25 heavy (non-hydrogen) atoms. The third kappa shape index (κ3) is 3.85. The molecule has 0 radical (unpaired) electrons. The van der Waals surface area contributed by atoms with Crippen LogP contribution in [0, 0.1) is 6.92 Å². The van der Waals surface area contributed by atoms with Crippen LogP contribution in [0.25, 0.3) is 11.6 Å². The number of benzene rings is 1. The van der Waals surface area contributed by atoms with Crippen LogP contribution < -0.4 is 10.1 Å². The molecule has 130 valence electrons. The van der Waals surface area contributed by atoms with Crippen molar-refractivity contribution in [2.75, 3.05) is 5.32 Å². The Kier molecular flexibility index (Phi) is 4.51. The van der Waals surface area contributed by atoms with Gasteiger partial charge in [-0.3, -0.25) is 14.8 Å². The van der Waals surface area contributed by atoms with Crippen LogP contribution in [0.15, 0.2) is 34.7 Å². The van der Waals surface area contributed by atoms with Gasteiger partial charge in [0.1, 0.15) is 11.4 Å². The summed E-state index contributed by atoms with van der Waals surface area (Å²) in [6, 6.07) is 8.67. The highest BCUT2D eigenvalue weighted by Crippen LogP contribution is 2.20. The fourth-order valence-electron chi connectivity index (χ4n) is 2.17. The van der Waals surface area contributed by atoms with Gasteiger partial charge >= 0.3 is 6.01 Å². The van der Waals surface area contributed by atoms with E-state index in [9.17, 15) is 4.79 Å². The molecule has 0 bridgehead atoms. The highest BCUT2D eigenvalue weighted by Gasteiger charge is 2.15. The summed E-state index contributed by atoms with van der Waals surface area (Å²) in [7, 11) is 1.82.